The van der Waals surface area contributed by atoms with Crippen LogP contribution in [0.25, 0.3) is 0 Å². The van der Waals surface area contributed by atoms with Crippen LogP contribution in [0, 0.1) is 5.92 Å². The fourth-order valence-electron chi connectivity index (χ4n) is 2.77. The molecule has 8 heteroatoms. The van der Waals surface area contributed by atoms with E-state index in [9.17, 15) is 18.0 Å². The Morgan fingerprint density at radius 2 is 2.30 bits per heavy atom. The molecule has 2 atom stereocenters. The first-order valence-corrected chi connectivity index (χ1v) is 8.55. The number of halogens is 3. The smallest absolute Gasteiger partial charge is 0.338 e. The third-order valence-electron chi connectivity index (χ3n) is 3.79. The van der Waals surface area contributed by atoms with E-state index >= 15 is 0 Å². The predicted molar refractivity (Wildman–Crippen MR) is 84.6 cm³/mol. The fourth-order valence-corrected chi connectivity index (χ4v) is 3.61. The molecule has 2 N–H and O–H groups in total. The van der Waals surface area contributed by atoms with Gasteiger partial charge in [-0.2, -0.15) is 13.2 Å². The highest BCUT2D eigenvalue weighted by Crippen LogP contribution is 2.22. The molecule has 1 saturated heterocycles. The van der Waals surface area contributed by atoms with E-state index in [1.165, 1.54) is 9.78 Å². The average molecular weight is 349 g/mol. The van der Waals surface area contributed by atoms with Crippen molar-refractivity contribution in [2.75, 3.05) is 26.2 Å². The van der Waals surface area contributed by atoms with Gasteiger partial charge < -0.3 is 10.6 Å². The van der Waals surface area contributed by atoms with Gasteiger partial charge in [0, 0.05) is 30.4 Å². The number of rotatable bonds is 6. The van der Waals surface area contributed by atoms with Gasteiger partial charge in [0.15, 0.2) is 0 Å². The minimum atomic E-state index is -4.16. The molecule has 130 valence electrons. The summed E-state index contributed by atoms with van der Waals surface area (Å²) in [5.74, 6) is 0.0794. The Hall–Kier alpha value is -1.28. The van der Waals surface area contributed by atoms with E-state index in [1.54, 1.807) is 11.3 Å². The minimum Gasteiger partial charge on any atom is -0.338 e. The highest BCUT2D eigenvalue weighted by atomic mass is 32.1. The van der Waals surface area contributed by atoms with Crippen LogP contribution in [0.1, 0.15) is 18.2 Å². The lowest BCUT2D eigenvalue weighted by molar-refractivity contribution is -0.143. The maximum absolute atomic E-state index is 12.3. The number of alkyl halides is 3. The molecule has 0 spiro atoms. The van der Waals surface area contributed by atoms with Crippen LogP contribution >= 0.6 is 11.3 Å². The Labute approximate surface area is 138 Å². The zero-order chi connectivity index (χ0) is 16.9. The van der Waals surface area contributed by atoms with Crippen molar-refractivity contribution in [2.45, 2.75) is 32.0 Å². The summed E-state index contributed by atoms with van der Waals surface area (Å²) in [5.41, 5.74) is 0. The number of carbonyl (C=O) groups excluding carboxylic acids is 1. The average Bonchev–Trinajstić information content (AvgIpc) is 3.06. The molecule has 0 aliphatic carbocycles. The molecule has 1 fully saturated rings. The van der Waals surface area contributed by atoms with Crippen molar-refractivity contribution in [3.05, 3.63) is 22.4 Å². The molecule has 1 aliphatic heterocycles. The van der Waals surface area contributed by atoms with Gasteiger partial charge in [0.25, 0.3) is 0 Å². The molecule has 0 radical (unpaired) electrons. The standard InChI is InChI=1S/C15H22F3N3OS/c1-11(7-13-3-2-6-23-13)20-14(22)19-8-12-4-5-21(9-12)10-15(16,17)18/h2-3,6,11-12H,4-5,7-10H2,1H3,(H2,19,20,22). The third kappa shape index (κ3) is 6.78. The Balaban J connectivity index is 1.63. The normalized spacial score (nSPS) is 20.4. The first kappa shape index (κ1) is 18.1. The molecule has 0 saturated carbocycles. The molecule has 1 aromatic rings. The maximum atomic E-state index is 12.3. The molecule has 1 aliphatic rings. The number of carbonyl (C=O) groups is 1. The van der Waals surface area contributed by atoms with Gasteiger partial charge >= 0.3 is 12.2 Å². The number of amides is 2. The van der Waals surface area contributed by atoms with Crippen LogP contribution in [0.15, 0.2) is 17.5 Å². The number of hydrogen-bond donors (Lipinski definition) is 2. The van der Waals surface area contributed by atoms with E-state index in [2.05, 4.69) is 10.6 Å². The van der Waals surface area contributed by atoms with Crippen LogP contribution < -0.4 is 10.6 Å². The molecule has 1 aromatic heterocycles. The van der Waals surface area contributed by atoms with Crippen LogP contribution in [-0.2, 0) is 6.42 Å². The molecule has 2 unspecified atom stereocenters. The number of likely N-dealkylation sites (tertiary alicyclic amines) is 1. The molecule has 2 rings (SSSR count). The van der Waals surface area contributed by atoms with Crippen molar-refractivity contribution in [1.29, 1.82) is 0 Å². The molecule has 2 heterocycles. The van der Waals surface area contributed by atoms with Crippen molar-refractivity contribution >= 4 is 17.4 Å². The van der Waals surface area contributed by atoms with Crippen molar-refractivity contribution < 1.29 is 18.0 Å². The monoisotopic (exact) mass is 349 g/mol. The Morgan fingerprint density at radius 1 is 1.52 bits per heavy atom. The van der Waals surface area contributed by atoms with Crippen molar-refractivity contribution in [1.82, 2.24) is 15.5 Å². The number of urea groups is 1. The molecule has 4 nitrogen and oxygen atoms in total. The number of nitrogens with zero attached hydrogens (tertiary/aromatic N) is 1. The van der Waals surface area contributed by atoms with Crippen LogP contribution in [0.5, 0.6) is 0 Å². The van der Waals surface area contributed by atoms with Gasteiger partial charge in [-0.05, 0) is 37.3 Å². The number of thiophene rings is 1. The molecular formula is C15H22F3N3OS. The zero-order valence-electron chi connectivity index (χ0n) is 13.0. The third-order valence-corrected chi connectivity index (χ3v) is 4.69. The largest absolute Gasteiger partial charge is 0.401 e. The first-order chi connectivity index (χ1) is 10.8. The van der Waals surface area contributed by atoms with E-state index in [-0.39, 0.29) is 18.0 Å². The van der Waals surface area contributed by atoms with Gasteiger partial charge in [-0.15, -0.1) is 11.3 Å². The minimum absolute atomic E-state index is 0.0129. The summed E-state index contributed by atoms with van der Waals surface area (Å²) in [4.78, 5) is 14.4. The van der Waals surface area contributed by atoms with Crippen molar-refractivity contribution in [3.63, 3.8) is 0 Å². The van der Waals surface area contributed by atoms with E-state index < -0.39 is 12.7 Å². The van der Waals surface area contributed by atoms with Crippen LogP contribution in [-0.4, -0.2) is 49.3 Å². The van der Waals surface area contributed by atoms with Gasteiger partial charge in [-0.1, -0.05) is 6.07 Å². The van der Waals surface area contributed by atoms with Gasteiger partial charge in [0.1, 0.15) is 0 Å². The van der Waals surface area contributed by atoms with E-state index in [0.29, 0.717) is 26.1 Å². The molecule has 0 bridgehead atoms. The lowest BCUT2D eigenvalue weighted by atomic mass is 10.1. The Bertz CT molecular complexity index is 493. The highest BCUT2D eigenvalue weighted by Gasteiger charge is 2.34. The highest BCUT2D eigenvalue weighted by molar-refractivity contribution is 7.09. The summed E-state index contributed by atoms with van der Waals surface area (Å²) in [5, 5.41) is 7.61. The number of nitrogens with one attached hydrogen (secondary N) is 2. The summed E-state index contributed by atoms with van der Waals surface area (Å²) < 4.78 is 37.0. The quantitative estimate of drug-likeness (QED) is 0.829. The second-order valence-electron chi connectivity index (χ2n) is 6.04. The van der Waals surface area contributed by atoms with Gasteiger partial charge in [-0.25, -0.2) is 4.79 Å². The van der Waals surface area contributed by atoms with Crippen LogP contribution in [0.2, 0.25) is 0 Å². The second kappa shape index (κ2) is 8.01. The predicted octanol–water partition coefficient (Wildman–Crippen LogP) is 2.86. The second-order valence-corrected chi connectivity index (χ2v) is 7.08. The lowest BCUT2D eigenvalue weighted by Gasteiger charge is -2.18. The Morgan fingerprint density at radius 3 is 2.96 bits per heavy atom. The van der Waals surface area contributed by atoms with E-state index in [4.69, 9.17) is 0 Å². The lowest BCUT2D eigenvalue weighted by Crippen LogP contribution is -2.43. The van der Waals surface area contributed by atoms with Gasteiger partial charge in [-0.3, -0.25) is 4.90 Å². The fraction of sp³-hybridized carbons (Fsp3) is 0.667. The van der Waals surface area contributed by atoms with Gasteiger partial charge in [0.2, 0.25) is 0 Å². The number of hydrogen-bond acceptors (Lipinski definition) is 3. The molecule has 0 aromatic carbocycles. The van der Waals surface area contributed by atoms with E-state index in [0.717, 1.165) is 6.42 Å². The summed E-state index contributed by atoms with van der Waals surface area (Å²) in [6.45, 7) is 2.28. The summed E-state index contributed by atoms with van der Waals surface area (Å²) >= 11 is 1.65. The van der Waals surface area contributed by atoms with Crippen molar-refractivity contribution in [3.8, 4) is 0 Å². The molecule has 2 amide bonds. The topological polar surface area (TPSA) is 44.4 Å². The Kier molecular flexibility index (Phi) is 6.29. The van der Waals surface area contributed by atoms with Crippen molar-refractivity contribution in [2.24, 2.45) is 5.92 Å². The molecule has 23 heavy (non-hydrogen) atoms. The summed E-state index contributed by atoms with van der Waals surface area (Å²) in [6.07, 6.45) is -2.70. The summed E-state index contributed by atoms with van der Waals surface area (Å²) in [6, 6.07) is 3.75. The van der Waals surface area contributed by atoms with Crippen LogP contribution in [0.4, 0.5) is 18.0 Å². The molecular weight excluding hydrogens is 327 g/mol. The first-order valence-electron chi connectivity index (χ1n) is 7.67. The summed E-state index contributed by atoms with van der Waals surface area (Å²) in [7, 11) is 0. The maximum Gasteiger partial charge on any atom is 0.401 e. The zero-order valence-corrected chi connectivity index (χ0v) is 13.8. The SMILES string of the molecule is CC(Cc1cccs1)NC(=O)NCC1CCN(CC(F)(F)F)C1. The van der Waals surface area contributed by atoms with E-state index in [1.807, 2.05) is 24.4 Å². The van der Waals surface area contributed by atoms with Crippen LogP contribution in [0.3, 0.4) is 0 Å². The van der Waals surface area contributed by atoms with Gasteiger partial charge in [0.05, 0.1) is 6.54 Å².